The van der Waals surface area contributed by atoms with E-state index in [9.17, 15) is 4.79 Å². The van der Waals surface area contributed by atoms with Gasteiger partial charge in [0.15, 0.2) is 0 Å². The smallest absolute Gasteiger partial charge is 0.410 e. The molecule has 1 N–H and O–H groups in total. The predicted octanol–water partition coefficient (Wildman–Crippen LogP) is 4.27. The van der Waals surface area contributed by atoms with Crippen molar-refractivity contribution < 1.29 is 14.3 Å². The second kappa shape index (κ2) is 9.03. The molecule has 3 rings (SSSR count). The predicted molar refractivity (Wildman–Crippen MR) is 115 cm³/mol. The Morgan fingerprint density at radius 3 is 2.59 bits per heavy atom. The van der Waals surface area contributed by atoms with Crippen LogP contribution in [0.5, 0.6) is 0 Å². The Kier molecular flexibility index (Phi) is 6.67. The van der Waals surface area contributed by atoms with Gasteiger partial charge in [-0.25, -0.2) is 9.78 Å². The summed E-state index contributed by atoms with van der Waals surface area (Å²) in [4.78, 5) is 18.9. The number of imidazole rings is 1. The van der Waals surface area contributed by atoms with Crippen molar-refractivity contribution in [3.05, 3.63) is 24.3 Å². The number of amides is 1. The fraction of sp³-hybridized carbons (Fsp3) is 0.636. The Labute approximate surface area is 173 Å². The minimum absolute atomic E-state index is 0.207. The molecule has 0 bridgehead atoms. The molecule has 29 heavy (non-hydrogen) atoms. The third-order valence-electron chi connectivity index (χ3n) is 4.90. The molecule has 0 atom stereocenters. The van der Waals surface area contributed by atoms with Gasteiger partial charge < -0.3 is 24.3 Å². The summed E-state index contributed by atoms with van der Waals surface area (Å²) in [6.07, 6.45) is 1.71. The molecule has 2 heterocycles. The lowest BCUT2D eigenvalue weighted by Crippen LogP contribution is -2.44. The fourth-order valence-corrected chi connectivity index (χ4v) is 3.51. The van der Waals surface area contributed by atoms with E-state index < -0.39 is 5.60 Å². The van der Waals surface area contributed by atoms with E-state index in [1.165, 1.54) is 0 Å². The third-order valence-corrected chi connectivity index (χ3v) is 4.90. The van der Waals surface area contributed by atoms with Crippen LogP contribution in [-0.4, -0.2) is 58.0 Å². The number of rotatable bonds is 6. The molecule has 1 saturated heterocycles. The first kappa shape index (κ1) is 21.4. The number of aromatic nitrogens is 2. The average molecular weight is 403 g/mol. The standard InChI is InChI=1S/C22H34N4O3/c1-16(2)28-15-14-26-19-9-7-6-8-18(19)24-20(26)23-17-10-12-25(13-11-17)21(27)29-22(3,4)5/h6-9,16-17H,10-15H2,1-5H3,(H,23,24). The van der Waals surface area contributed by atoms with Gasteiger partial charge in [0.25, 0.3) is 0 Å². The molecule has 0 unspecified atom stereocenters. The van der Waals surface area contributed by atoms with Crippen molar-refractivity contribution in [2.75, 3.05) is 25.0 Å². The molecule has 1 aromatic heterocycles. The van der Waals surface area contributed by atoms with Gasteiger partial charge in [-0.2, -0.15) is 0 Å². The molecule has 1 aliphatic heterocycles. The summed E-state index contributed by atoms with van der Waals surface area (Å²) in [6, 6.07) is 8.44. The Bertz CT molecular complexity index is 817. The van der Waals surface area contributed by atoms with Gasteiger partial charge in [-0.1, -0.05) is 12.1 Å². The van der Waals surface area contributed by atoms with E-state index in [1.54, 1.807) is 4.90 Å². The highest BCUT2D eigenvalue weighted by atomic mass is 16.6. The number of anilines is 1. The number of benzene rings is 1. The van der Waals surface area contributed by atoms with Crippen LogP contribution in [0.4, 0.5) is 10.7 Å². The van der Waals surface area contributed by atoms with Crippen LogP contribution in [0.15, 0.2) is 24.3 Å². The number of hydrogen-bond donors (Lipinski definition) is 1. The first-order chi connectivity index (χ1) is 13.7. The number of carbonyl (C=O) groups is 1. The van der Waals surface area contributed by atoms with E-state index in [0.717, 1.165) is 36.4 Å². The summed E-state index contributed by atoms with van der Waals surface area (Å²) in [5.41, 5.74) is 1.62. The SMILES string of the molecule is CC(C)OCCn1c(NC2CCN(C(=O)OC(C)(C)C)CC2)nc2ccccc21. The number of likely N-dealkylation sites (tertiary alicyclic amines) is 1. The summed E-state index contributed by atoms with van der Waals surface area (Å²) in [5, 5.41) is 3.60. The van der Waals surface area contributed by atoms with Crippen LogP contribution in [0.3, 0.4) is 0 Å². The van der Waals surface area contributed by atoms with E-state index >= 15 is 0 Å². The van der Waals surface area contributed by atoms with Crippen molar-refractivity contribution in [2.45, 2.75) is 71.8 Å². The number of ether oxygens (including phenoxy) is 2. The molecule has 1 fully saturated rings. The molecule has 7 heteroatoms. The second-order valence-corrected chi connectivity index (χ2v) is 8.88. The van der Waals surface area contributed by atoms with E-state index in [1.807, 2.05) is 52.8 Å². The Morgan fingerprint density at radius 2 is 1.93 bits per heavy atom. The van der Waals surface area contributed by atoms with E-state index in [-0.39, 0.29) is 18.2 Å². The summed E-state index contributed by atoms with van der Waals surface area (Å²) in [5.74, 6) is 0.870. The van der Waals surface area contributed by atoms with Crippen molar-refractivity contribution in [1.82, 2.24) is 14.5 Å². The molecule has 0 saturated carbocycles. The van der Waals surface area contributed by atoms with Gasteiger partial charge in [0, 0.05) is 25.7 Å². The topological polar surface area (TPSA) is 68.6 Å². The monoisotopic (exact) mass is 402 g/mol. The van der Waals surface area contributed by atoms with E-state index in [2.05, 4.69) is 16.0 Å². The number of nitrogens with one attached hydrogen (secondary N) is 1. The zero-order valence-corrected chi connectivity index (χ0v) is 18.3. The van der Waals surface area contributed by atoms with Crippen molar-refractivity contribution in [1.29, 1.82) is 0 Å². The molecule has 7 nitrogen and oxygen atoms in total. The highest BCUT2D eigenvalue weighted by Gasteiger charge is 2.27. The Morgan fingerprint density at radius 1 is 1.24 bits per heavy atom. The summed E-state index contributed by atoms with van der Waals surface area (Å²) in [6.45, 7) is 12.5. The molecule has 0 spiro atoms. The van der Waals surface area contributed by atoms with Gasteiger partial charge >= 0.3 is 6.09 Å². The fourth-order valence-electron chi connectivity index (χ4n) is 3.51. The van der Waals surface area contributed by atoms with Crippen LogP contribution < -0.4 is 5.32 Å². The number of carbonyl (C=O) groups excluding carboxylic acids is 1. The molecule has 1 aliphatic rings. The minimum Gasteiger partial charge on any atom is -0.444 e. The second-order valence-electron chi connectivity index (χ2n) is 8.88. The summed E-state index contributed by atoms with van der Waals surface area (Å²) < 4.78 is 13.4. The zero-order valence-electron chi connectivity index (χ0n) is 18.3. The Balaban J connectivity index is 1.64. The number of para-hydroxylation sites is 2. The van der Waals surface area contributed by atoms with Crippen molar-refractivity contribution in [2.24, 2.45) is 0 Å². The minimum atomic E-state index is -0.463. The van der Waals surface area contributed by atoms with Crippen molar-refractivity contribution >= 4 is 23.1 Å². The normalized spacial score (nSPS) is 15.9. The number of hydrogen-bond acceptors (Lipinski definition) is 5. The maximum absolute atomic E-state index is 12.3. The maximum Gasteiger partial charge on any atom is 0.410 e. The lowest BCUT2D eigenvalue weighted by Gasteiger charge is -2.34. The van der Waals surface area contributed by atoms with Gasteiger partial charge in [-0.3, -0.25) is 0 Å². The molecule has 0 radical (unpaired) electrons. The van der Waals surface area contributed by atoms with Gasteiger partial charge in [0.2, 0.25) is 5.95 Å². The van der Waals surface area contributed by atoms with Gasteiger partial charge in [0.05, 0.1) is 23.7 Å². The van der Waals surface area contributed by atoms with Crippen LogP contribution in [0, 0.1) is 0 Å². The molecule has 160 valence electrons. The first-order valence-corrected chi connectivity index (χ1v) is 10.5. The molecular weight excluding hydrogens is 368 g/mol. The lowest BCUT2D eigenvalue weighted by atomic mass is 10.1. The van der Waals surface area contributed by atoms with Crippen molar-refractivity contribution in [3.8, 4) is 0 Å². The average Bonchev–Trinajstić information content (AvgIpc) is 2.98. The van der Waals surface area contributed by atoms with Crippen LogP contribution in [0.1, 0.15) is 47.5 Å². The zero-order chi connectivity index (χ0) is 21.0. The molecule has 1 amide bonds. The summed E-state index contributed by atoms with van der Waals surface area (Å²) in [7, 11) is 0. The summed E-state index contributed by atoms with van der Waals surface area (Å²) >= 11 is 0. The van der Waals surface area contributed by atoms with Gasteiger partial charge in [0.1, 0.15) is 5.60 Å². The van der Waals surface area contributed by atoms with Crippen LogP contribution >= 0.6 is 0 Å². The van der Waals surface area contributed by atoms with Crippen molar-refractivity contribution in [3.63, 3.8) is 0 Å². The molecule has 0 aliphatic carbocycles. The molecule has 2 aromatic rings. The molecule has 1 aromatic carbocycles. The number of piperidine rings is 1. The third kappa shape index (κ3) is 5.85. The van der Waals surface area contributed by atoms with Crippen LogP contribution in [0.2, 0.25) is 0 Å². The van der Waals surface area contributed by atoms with E-state index in [4.69, 9.17) is 14.5 Å². The lowest BCUT2D eigenvalue weighted by molar-refractivity contribution is 0.0210. The largest absolute Gasteiger partial charge is 0.444 e. The van der Waals surface area contributed by atoms with Crippen LogP contribution in [-0.2, 0) is 16.0 Å². The number of nitrogens with zero attached hydrogens (tertiary/aromatic N) is 3. The maximum atomic E-state index is 12.3. The highest BCUT2D eigenvalue weighted by molar-refractivity contribution is 5.78. The molecular formula is C22H34N4O3. The Hall–Kier alpha value is -2.28. The van der Waals surface area contributed by atoms with Gasteiger partial charge in [-0.15, -0.1) is 0 Å². The van der Waals surface area contributed by atoms with E-state index in [0.29, 0.717) is 19.7 Å². The van der Waals surface area contributed by atoms with Gasteiger partial charge in [-0.05, 0) is 59.6 Å². The highest BCUT2D eigenvalue weighted by Crippen LogP contribution is 2.23. The van der Waals surface area contributed by atoms with Crippen LogP contribution in [0.25, 0.3) is 11.0 Å². The quantitative estimate of drug-likeness (QED) is 0.781. The first-order valence-electron chi connectivity index (χ1n) is 10.5. The number of fused-ring (bicyclic) bond motifs is 1.